The summed E-state index contributed by atoms with van der Waals surface area (Å²) in [4.78, 5) is 10.7. The van der Waals surface area contributed by atoms with Crippen molar-refractivity contribution in [3.8, 4) is 0 Å². The van der Waals surface area contributed by atoms with Gasteiger partial charge in [0, 0.05) is 6.92 Å². The first-order valence-electron chi connectivity index (χ1n) is 3.96. The maximum Gasteiger partial charge on any atom is 0.217 e. The fraction of sp³-hybridized carbons (Fsp3) is 0.667. The van der Waals surface area contributed by atoms with E-state index in [1.54, 1.807) is 0 Å². The average Bonchev–Trinajstić information content (AvgIpc) is 1.87. The Kier molecular flexibility index (Phi) is 3.86. The molecule has 1 atom stereocenters. The highest BCUT2D eigenvalue weighted by Crippen LogP contribution is 2.10. The van der Waals surface area contributed by atoms with Gasteiger partial charge in [-0.05, 0) is 20.3 Å². The van der Waals surface area contributed by atoms with Crippen LogP contribution in [0.3, 0.4) is 0 Å². The van der Waals surface area contributed by atoms with E-state index in [0.717, 1.165) is 6.42 Å². The SMILES string of the molecule is C/C=C\C(C)(CC)NC(C)=O. The summed E-state index contributed by atoms with van der Waals surface area (Å²) in [7, 11) is 0. The van der Waals surface area contributed by atoms with Crippen molar-refractivity contribution in [3.63, 3.8) is 0 Å². The van der Waals surface area contributed by atoms with Crippen molar-refractivity contribution in [2.75, 3.05) is 0 Å². The number of rotatable bonds is 3. The minimum atomic E-state index is -0.166. The van der Waals surface area contributed by atoms with E-state index >= 15 is 0 Å². The highest BCUT2D eigenvalue weighted by atomic mass is 16.1. The zero-order valence-corrected chi connectivity index (χ0v) is 7.77. The standard InChI is InChI=1S/C9H17NO/c1-5-7-9(4,6-2)10-8(3)11/h5,7H,6H2,1-4H3,(H,10,11)/b7-5-. The molecule has 2 nitrogen and oxygen atoms in total. The minimum Gasteiger partial charge on any atom is -0.348 e. The van der Waals surface area contributed by atoms with Crippen molar-refractivity contribution < 1.29 is 4.79 Å². The molecule has 0 bridgehead atoms. The van der Waals surface area contributed by atoms with Crippen molar-refractivity contribution in [1.29, 1.82) is 0 Å². The monoisotopic (exact) mass is 155 g/mol. The van der Waals surface area contributed by atoms with Crippen LogP contribution < -0.4 is 5.32 Å². The molecule has 2 heteroatoms. The van der Waals surface area contributed by atoms with Gasteiger partial charge in [0.1, 0.15) is 0 Å². The van der Waals surface area contributed by atoms with Crippen molar-refractivity contribution in [2.45, 2.75) is 39.7 Å². The van der Waals surface area contributed by atoms with Gasteiger partial charge in [0.2, 0.25) is 5.91 Å². The molecule has 0 saturated carbocycles. The lowest BCUT2D eigenvalue weighted by Crippen LogP contribution is -2.42. The summed E-state index contributed by atoms with van der Waals surface area (Å²) >= 11 is 0. The van der Waals surface area contributed by atoms with Crippen LogP contribution in [0.25, 0.3) is 0 Å². The molecule has 1 N–H and O–H groups in total. The van der Waals surface area contributed by atoms with E-state index in [1.807, 2.05) is 26.0 Å². The summed E-state index contributed by atoms with van der Waals surface area (Å²) in [6.45, 7) is 7.55. The van der Waals surface area contributed by atoms with Crippen molar-refractivity contribution in [1.82, 2.24) is 5.32 Å². The molecular weight excluding hydrogens is 138 g/mol. The average molecular weight is 155 g/mol. The first-order valence-corrected chi connectivity index (χ1v) is 3.96. The second-order valence-corrected chi connectivity index (χ2v) is 2.95. The molecule has 0 aromatic rings. The van der Waals surface area contributed by atoms with Gasteiger partial charge in [0.05, 0.1) is 5.54 Å². The molecule has 0 aliphatic carbocycles. The molecule has 0 aliphatic rings. The third-order valence-electron chi connectivity index (χ3n) is 1.73. The molecule has 0 spiro atoms. The number of amides is 1. The Hall–Kier alpha value is -0.790. The molecule has 0 radical (unpaired) electrons. The number of hydrogen-bond acceptors (Lipinski definition) is 1. The van der Waals surface area contributed by atoms with Gasteiger partial charge in [-0.15, -0.1) is 0 Å². The van der Waals surface area contributed by atoms with E-state index in [2.05, 4.69) is 12.2 Å². The molecule has 0 aromatic heterocycles. The van der Waals surface area contributed by atoms with Crippen LogP contribution in [0.15, 0.2) is 12.2 Å². The minimum absolute atomic E-state index is 0.0208. The molecular formula is C9H17NO. The Morgan fingerprint density at radius 2 is 2.18 bits per heavy atom. The van der Waals surface area contributed by atoms with E-state index in [-0.39, 0.29) is 11.4 Å². The quantitative estimate of drug-likeness (QED) is 0.619. The first-order chi connectivity index (χ1) is 5.04. The van der Waals surface area contributed by atoms with Crippen LogP contribution in [0.1, 0.15) is 34.1 Å². The summed E-state index contributed by atoms with van der Waals surface area (Å²) in [5.74, 6) is 0.0208. The number of carbonyl (C=O) groups is 1. The molecule has 1 amide bonds. The maximum atomic E-state index is 10.7. The van der Waals surface area contributed by atoms with Gasteiger partial charge in [0.15, 0.2) is 0 Å². The van der Waals surface area contributed by atoms with Gasteiger partial charge in [-0.25, -0.2) is 0 Å². The molecule has 0 aromatic carbocycles. The summed E-state index contributed by atoms with van der Waals surface area (Å²) in [5, 5.41) is 2.88. The van der Waals surface area contributed by atoms with Crippen LogP contribution in [0, 0.1) is 0 Å². The van der Waals surface area contributed by atoms with Gasteiger partial charge in [-0.1, -0.05) is 19.1 Å². The number of hydrogen-bond donors (Lipinski definition) is 1. The molecule has 0 heterocycles. The van der Waals surface area contributed by atoms with E-state index in [4.69, 9.17) is 0 Å². The Bertz CT molecular complexity index is 163. The summed E-state index contributed by atoms with van der Waals surface area (Å²) in [6.07, 6.45) is 4.88. The van der Waals surface area contributed by atoms with Gasteiger partial charge in [-0.2, -0.15) is 0 Å². The molecule has 0 saturated heterocycles. The van der Waals surface area contributed by atoms with Crippen molar-refractivity contribution in [2.24, 2.45) is 0 Å². The third kappa shape index (κ3) is 3.81. The van der Waals surface area contributed by atoms with Crippen LogP contribution in [-0.2, 0) is 4.79 Å². The molecule has 0 aliphatic heterocycles. The Morgan fingerprint density at radius 1 is 1.64 bits per heavy atom. The van der Waals surface area contributed by atoms with Crippen LogP contribution in [0.4, 0.5) is 0 Å². The van der Waals surface area contributed by atoms with Crippen LogP contribution in [0.5, 0.6) is 0 Å². The lowest BCUT2D eigenvalue weighted by Gasteiger charge is -2.24. The van der Waals surface area contributed by atoms with Crippen LogP contribution >= 0.6 is 0 Å². The summed E-state index contributed by atoms with van der Waals surface area (Å²) in [5.41, 5.74) is -0.166. The second-order valence-electron chi connectivity index (χ2n) is 2.95. The van der Waals surface area contributed by atoms with E-state index in [9.17, 15) is 4.79 Å². The normalized spacial score (nSPS) is 16.4. The smallest absolute Gasteiger partial charge is 0.217 e. The van der Waals surface area contributed by atoms with Gasteiger partial charge >= 0.3 is 0 Å². The molecule has 64 valence electrons. The number of allylic oxidation sites excluding steroid dienone is 1. The van der Waals surface area contributed by atoms with Crippen molar-refractivity contribution in [3.05, 3.63) is 12.2 Å². The van der Waals surface area contributed by atoms with Crippen LogP contribution in [0.2, 0.25) is 0 Å². The zero-order chi connectivity index (χ0) is 8.91. The lowest BCUT2D eigenvalue weighted by molar-refractivity contribution is -0.120. The second kappa shape index (κ2) is 4.16. The van der Waals surface area contributed by atoms with E-state index in [1.165, 1.54) is 6.92 Å². The highest BCUT2D eigenvalue weighted by Gasteiger charge is 2.17. The van der Waals surface area contributed by atoms with E-state index < -0.39 is 0 Å². The third-order valence-corrected chi connectivity index (χ3v) is 1.73. The lowest BCUT2D eigenvalue weighted by atomic mass is 9.98. The Morgan fingerprint density at radius 3 is 2.45 bits per heavy atom. The summed E-state index contributed by atoms with van der Waals surface area (Å²) in [6, 6.07) is 0. The van der Waals surface area contributed by atoms with Crippen molar-refractivity contribution >= 4 is 5.91 Å². The first kappa shape index (κ1) is 10.2. The maximum absolute atomic E-state index is 10.7. The number of nitrogens with one attached hydrogen (secondary N) is 1. The molecule has 1 unspecified atom stereocenters. The van der Waals surface area contributed by atoms with Crippen LogP contribution in [-0.4, -0.2) is 11.4 Å². The number of carbonyl (C=O) groups excluding carboxylic acids is 1. The fourth-order valence-corrected chi connectivity index (χ4v) is 1.02. The summed E-state index contributed by atoms with van der Waals surface area (Å²) < 4.78 is 0. The Balaban J connectivity index is 4.21. The largest absolute Gasteiger partial charge is 0.348 e. The predicted octanol–water partition coefficient (Wildman–Crippen LogP) is 1.87. The van der Waals surface area contributed by atoms with Gasteiger partial charge < -0.3 is 5.32 Å². The molecule has 0 rings (SSSR count). The Labute approximate surface area is 68.7 Å². The van der Waals surface area contributed by atoms with E-state index in [0.29, 0.717) is 0 Å². The molecule has 0 fully saturated rings. The van der Waals surface area contributed by atoms with Gasteiger partial charge in [-0.3, -0.25) is 4.79 Å². The fourth-order valence-electron chi connectivity index (χ4n) is 1.02. The topological polar surface area (TPSA) is 29.1 Å². The predicted molar refractivity (Wildman–Crippen MR) is 47.3 cm³/mol. The van der Waals surface area contributed by atoms with Gasteiger partial charge in [0.25, 0.3) is 0 Å². The highest BCUT2D eigenvalue weighted by molar-refractivity contribution is 5.74. The molecule has 11 heavy (non-hydrogen) atoms. The zero-order valence-electron chi connectivity index (χ0n) is 7.77.